The van der Waals surface area contributed by atoms with Crippen LogP contribution in [0.25, 0.3) is 16.2 Å². The Morgan fingerprint density at radius 2 is 1.97 bits per heavy atom. The third-order valence-corrected chi connectivity index (χ3v) is 7.67. The molecular weight excluding hydrogens is 460 g/mol. The van der Waals surface area contributed by atoms with Crippen molar-refractivity contribution in [2.75, 3.05) is 18.0 Å². The number of fused-ring (bicyclic) bond motifs is 1. The first-order valence-corrected chi connectivity index (χ1v) is 12.0. The second kappa shape index (κ2) is 7.59. The third kappa shape index (κ3) is 3.64. The first-order chi connectivity index (χ1) is 16.3. The number of anilines is 1. The van der Waals surface area contributed by atoms with E-state index in [1.54, 1.807) is 29.8 Å². The lowest BCUT2D eigenvalue weighted by Crippen LogP contribution is -2.40. The maximum Gasteiger partial charge on any atom is 0.253 e. The zero-order valence-corrected chi connectivity index (χ0v) is 19.3. The maximum atomic E-state index is 13.8. The molecule has 1 saturated heterocycles. The Hall–Kier alpha value is -3.34. The van der Waals surface area contributed by atoms with Gasteiger partial charge in [-0.1, -0.05) is 0 Å². The number of alkyl halides is 2. The van der Waals surface area contributed by atoms with Gasteiger partial charge < -0.3 is 10.2 Å². The molecule has 2 N–H and O–H groups in total. The molecule has 1 aliphatic carbocycles. The number of hydrogen-bond acceptors (Lipinski definition) is 6. The molecule has 1 saturated carbocycles. The molecule has 4 aromatic heterocycles. The Kier molecular flexibility index (Phi) is 4.73. The first-order valence-electron chi connectivity index (χ1n) is 11.2. The van der Waals surface area contributed by atoms with Gasteiger partial charge in [-0.25, -0.2) is 18.7 Å². The van der Waals surface area contributed by atoms with E-state index in [4.69, 9.17) is 0 Å². The molecule has 0 atom stereocenters. The van der Waals surface area contributed by atoms with Crippen LogP contribution < -0.4 is 10.2 Å². The van der Waals surface area contributed by atoms with Gasteiger partial charge in [-0.2, -0.15) is 5.10 Å². The molecule has 0 spiro atoms. The molecule has 0 unspecified atom stereocenters. The monoisotopic (exact) mass is 483 g/mol. The number of aromatic amines is 1. The lowest BCUT2D eigenvalue weighted by Gasteiger charge is -2.33. The molecule has 6 rings (SSSR count). The minimum Gasteiger partial charge on any atom is -0.368 e. The van der Waals surface area contributed by atoms with Crippen LogP contribution in [0.5, 0.6) is 0 Å². The van der Waals surface area contributed by atoms with Gasteiger partial charge in [0.2, 0.25) is 0 Å². The average molecular weight is 484 g/mol. The van der Waals surface area contributed by atoms with E-state index in [-0.39, 0.29) is 31.8 Å². The molecule has 2 aliphatic rings. The van der Waals surface area contributed by atoms with Crippen LogP contribution in [-0.2, 0) is 5.54 Å². The summed E-state index contributed by atoms with van der Waals surface area (Å²) in [5, 5.41) is 9.87. The largest absolute Gasteiger partial charge is 0.368 e. The van der Waals surface area contributed by atoms with Crippen LogP contribution in [0.2, 0.25) is 0 Å². The summed E-state index contributed by atoms with van der Waals surface area (Å²) >= 11 is 1.64. The zero-order chi connectivity index (χ0) is 23.5. The molecule has 176 valence electrons. The summed E-state index contributed by atoms with van der Waals surface area (Å²) < 4.78 is 29.6. The van der Waals surface area contributed by atoms with Crippen LogP contribution in [-0.4, -0.2) is 49.5 Å². The fraction of sp³-hybridized carbons (Fsp3) is 0.391. The van der Waals surface area contributed by atoms with Crippen LogP contribution >= 0.6 is 11.3 Å². The number of thiophene rings is 1. The summed E-state index contributed by atoms with van der Waals surface area (Å²) in [7, 11) is 0. The molecule has 1 aliphatic heterocycles. The van der Waals surface area contributed by atoms with Crippen molar-refractivity contribution < 1.29 is 13.6 Å². The van der Waals surface area contributed by atoms with Crippen molar-refractivity contribution in [3.63, 3.8) is 0 Å². The third-order valence-electron chi connectivity index (χ3n) is 6.65. The van der Waals surface area contributed by atoms with Gasteiger partial charge in [-0.3, -0.25) is 14.3 Å². The molecule has 0 radical (unpaired) electrons. The summed E-state index contributed by atoms with van der Waals surface area (Å²) in [5.41, 5.74) is 2.10. The second-order valence-electron chi connectivity index (χ2n) is 9.07. The number of nitrogens with zero attached hydrogens (tertiary/aromatic N) is 5. The van der Waals surface area contributed by atoms with Crippen molar-refractivity contribution in [3.05, 3.63) is 53.2 Å². The van der Waals surface area contributed by atoms with E-state index >= 15 is 0 Å². The van der Waals surface area contributed by atoms with Gasteiger partial charge in [-0.15, -0.1) is 11.3 Å². The van der Waals surface area contributed by atoms with Gasteiger partial charge in [0.25, 0.3) is 11.8 Å². The highest BCUT2D eigenvalue weighted by atomic mass is 32.1. The Morgan fingerprint density at radius 3 is 2.62 bits per heavy atom. The minimum atomic E-state index is -2.66. The molecule has 0 bridgehead atoms. The molecule has 0 aromatic carbocycles. The molecule has 5 heterocycles. The normalized spacial score (nSPS) is 18.9. The number of carbonyl (C=O) groups is 1. The highest BCUT2D eigenvalue weighted by Crippen LogP contribution is 2.44. The molecule has 4 aromatic rings. The molecule has 11 heteroatoms. The number of piperidine rings is 1. The van der Waals surface area contributed by atoms with E-state index < -0.39 is 11.5 Å². The predicted octanol–water partition coefficient (Wildman–Crippen LogP) is 4.14. The van der Waals surface area contributed by atoms with Gasteiger partial charge in [0.05, 0.1) is 33.6 Å². The number of halogens is 2. The smallest absolute Gasteiger partial charge is 0.253 e. The highest BCUT2D eigenvalue weighted by Gasteiger charge is 2.48. The Morgan fingerprint density at radius 1 is 1.18 bits per heavy atom. The van der Waals surface area contributed by atoms with E-state index in [0.29, 0.717) is 22.7 Å². The number of amides is 1. The summed E-state index contributed by atoms with van der Waals surface area (Å²) in [5.74, 6) is -2.27. The lowest BCUT2D eigenvalue weighted by atomic mass is 10.1. The topological polar surface area (TPSA) is 91.2 Å². The number of imidazole rings is 1. The number of pyridine rings is 1. The van der Waals surface area contributed by atoms with Crippen LogP contribution in [0.4, 0.5) is 14.5 Å². The van der Waals surface area contributed by atoms with Crippen LogP contribution in [0.15, 0.2) is 36.9 Å². The molecular formula is C23H23F2N7OS. The van der Waals surface area contributed by atoms with Crippen LogP contribution in [0.1, 0.15) is 46.7 Å². The second-order valence-corrected chi connectivity index (χ2v) is 10.4. The quantitative estimate of drug-likeness (QED) is 0.445. The number of nitrogens with one attached hydrogen (secondary N) is 2. The number of hydrogen-bond donors (Lipinski definition) is 2. The minimum absolute atomic E-state index is 0.204. The van der Waals surface area contributed by atoms with E-state index in [1.807, 2.05) is 28.4 Å². The van der Waals surface area contributed by atoms with Crippen molar-refractivity contribution in [2.45, 2.75) is 44.1 Å². The van der Waals surface area contributed by atoms with Gasteiger partial charge in [0.1, 0.15) is 12.2 Å². The molecule has 34 heavy (non-hydrogen) atoms. The van der Waals surface area contributed by atoms with Crippen LogP contribution in [0.3, 0.4) is 0 Å². The fourth-order valence-electron chi connectivity index (χ4n) is 4.53. The first kappa shape index (κ1) is 21.2. The van der Waals surface area contributed by atoms with E-state index in [0.717, 1.165) is 23.4 Å². The van der Waals surface area contributed by atoms with Gasteiger partial charge in [-0.05, 0) is 38.0 Å². The van der Waals surface area contributed by atoms with Crippen molar-refractivity contribution in [3.8, 4) is 10.6 Å². The summed E-state index contributed by atoms with van der Waals surface area (Å²) in [4.78, 5) is 26.4. The van der Waals surface area contributed by atoms with Crippen molar-refractivity contribution in [1.29, 1.82) is 0 Å². The molecule has 8 nitrogen and oxygen atoms in total. The highest BCUT2D eigenvalue weighted by molar-refractivity contribution is 7.15. The SMILES string of the molecule is Cc1ccc(-c2cnc3c(N4CCC(F)(F)CC4)cc(C(=O)NC4(c5ncn[nH]5)CC4)cn23)s1. The fourth-order valence-corrected chi connectivity index (χ4v) is 5.40. The zero-order valence-electron chi connectivity index (χ0n) is 18.5. The van der Waals surface area contributed by atoms with Crippen LogP contribution in [0, 0.1) is 6.92 Å². The summed E-state index contributed by atoms with van der Waals surface area (Å²) in [6.07, 6.45) is 6.09. The van der Waals surface area contributed by atoms with E-state index in [9.17, 15) is 13.6 Å². The number of aromatic nitrogens is 5. The Bertz CT molecular complexity index is 1360. The maximum absolute atomic E-state index is 13.8. The molecule has 2 fully saturated rings. The predicted molar refractivity (Wildman–Crippen MR) is 124 cm³/mol. The Balaban J connectivity index is 1.42. The molecule has 1 amide bonds. The van der Waals surface area contributed by atoms with E-state index in [1.165, 1.54) is 11.2 Å². The van der Waals surface area contributed by atoms with Gasteiger partial charge >= 0.3 is 0 Å². The number of rotatable bonds is 5. The summed E-state index contributed by atoms with van der Waals surface area (Å²) in [6.45, 7) is 2.44. The number of carbonyl (C=O) groups excluding carboxylic acids is 1. The standard InChI is InChI=1S/C23H23F2N7OS/c1-14-2-3-18(34-14)17-11-26-19-16(31-8-6-23(24,25)7-9-31)10-15(12-32(17)19)20(33)29-22(4-5-22)21-27-13-28-30-21/h2-3,10-13H,4-9H2,1H3,(H,29,33)(H,27,28,30). The lowest BCUT2D eigenvalue weighted by molar-refractivity contribution is -0.0220. The number of aryl methyl sites for hydroxylation is 1. The summed E-state index contributed by atoms with van der Waals surface area (Å²) in [6, 6.07) is 5.83. The Labute approximate surface area is 198 Å². The van der Waals surface area contributed by atoms with E-state index in [2.05, 4.69) is 25.5 Å². The number of H-pyrrole nitrogens is 1. The van der Waals surface area contributed by atoms with Gasteiger partial charge in [0.15, 0.2) is 5.65 Å². The van der Waals surface area contributed by atoms with Gasteiger partial charge in [0, 0.05) is 37.0 Å². The average Bonchev–Trinajstić information content (AvgIpc) is 3.22. The van der Waals surface area contributed by atoms with Crippen molar-refractivity contribution >= 4 is 28.6 Å². The van der Waals surface area contributed by atoms with Crippen molar-refractivity contribution in [2.24, 2.45) is 0 Å². The van der Waals surface area contributed by atoms with Crippen molar-refractivity contribution in [1.82, 2.24) is 29.9 Å².